The molecule has 3 heteroatoms. The zero-order valence-electron chi connectivity index (χ0n) is 10.4. The Labute approximate surface area is 103 Å². The molecule has 2 rings (SSSR count). The molecule has 0 saturated heterocycles. The van der Waals surface area contributed by atoms with E-state index in [1.807, 2.05) is 19.9 Å². The molecule has 0 aliphatic heterocycles. The molecule has 1 aromatic rings. The number of benzene rings is 1. The second kappa shape index (κ2) is 5.32. The second-order valence-electron chi connectivity index (χ2n) is 4.96. The third-order valence-electron chi connectivity index (χ3n) is 2.99. The van der Waals surface area contributed by atoms with Gasteiger partial charge in [-0.3, -0.25) is 4.79 Å². The van der Waals surface area contributed by atoms with E-state index in [-0.39, 0.29) is 11.9 Å². The SMILES string of the molecule is CC(C)NC(=O)CN[C@@H]1C[C@H]1c1ccccc1. The minimum Gasteiger partial charge on any atom is -0.353 e. The third kappa shape index (κ3) is 3.56. The van der Waals surface area contributed by atoms with Crippen LogP contribution in [0.4, 0.5) is 0 Å². The Bertz CT molecular complexity index is 375. The summed E-state index contributed by atoms with van der Waals surface area (Å²) in [6, 6.07) is 11.2. The summed E-state index contributed by atoms with van der Waals surface area (Å²) in [5.41, 5.74) is 1.37. The van der Waals surface area contributed by atoms with E-state index in [0.717, 1.165) is 6.42 Å². The van der Waals surface area contributed by atoms with E-state index in [2.05, 4.69) is 34.9 Å². The quantitative estimate of drug-likeness (QED) is 0.810. The highest BCUT2D eigenvalue weighted by atomic mass is 16.1. The minimum absolute atomic E-state index is 0.0821. The Morgan fingerprint density at radius 1 is 1.35 bits per heavy atom. The van der Waals surface area contributed by atoms with E-state index in [9.17, 15) is 4.79 Å². The Morgan fingerprint density at radius 3 is 2.71 bits per heavy atom. The maximum absolute atomic E-state index is 11.5. The number of rotatable bonds is 5. The summed E-state index contributed by atoms with van der Waals surface area (Å²) >= 11 is 0. The second-order valence-corrected chi connectivity index (χ2v) is 4.96. The smallest absolute Gasteiger partial charge is 0.234 e. The van der Waals surface area contributed by atoms with Gasteiger partial charge in [0.05, 0.1) is 6.54 Å². The van der Waals surface area contributed by atoms with Gasteiger partial charge in [-0.05, 0) is 25.8 Å². The highest BCUT2D eigenvalue weighted by molar-refractivity contribution is 5.78. The molecule has 0 bridgehead atoms. The van der Waals surface area contributed by atoms with E-state index in [1.165, 1.54) is 5.56 Å². The monoisotopic (exact) mass is 232 g/mol. The lowest BCUT2D eigenvalue weighted by molar-refractivity contribution is -0.120. The Hall–Kier alpha value is -1.35. The molecule has 1 amide bonds. The molecular weight excluding hydrogens is 212 g/mol. The lowest BCUT2D eigenvalue weighted by Crippen LogP contribution is -2.38. The molecule has 0 unspecified atom stereocenters. The summed E-state index contributed by atoms with van der Waals surface area (Å²) in [6.45, 7) is 4.37. The fraction of sp³-hybridized carbons (Fsp3) is 0.500. The normalized spacial score (nSPS) is 22.5. The standard InChI is InChI=1S/C14H20N2O/c1-10(2)16-14(17)9-15-13-8-12(13)11-6-4-3-5-7-11/h3-7,10,12-13,15H,8-9H2,1-2H3,(H,16,17)/t12-,13+/m0/s1. The molecule has 0 heterocycles. The van der Waals surface area contributed by atoms with Crippen LogP contribution in [0, 0.1) is 0 Å². The molecule has 0 spiro atoms. The van der Waals surface area contributed by atoms with Gasteiger partial charge in [0, 0.05) is 18.0 Å². The molecule has 1 aromatic carbocycles. The number of hydrogen-bond acceptors (Lipinski definition) is 2. The van der Waals surface area contributed by atoms with Crippen molar-refractivity contribution < 1.29 is 4.79 Å². The van der Waals surface area contributed by atoms with Crippen LogP contribution < -0.4 is 10.6 Å². The molecule has 1 fully saturated rings. The van der Waals surface area contributed by atoms with Gasteiger partial charge in [0.15, 0.2) is 0 Å². The number of amides is 1. The third-order valence-corrected chi connectivity index (χ3v) is 2.99. The molecule has 2 atom stereocenters. The fourth-order valence-electron chi connectivity index (χ4n) is 2.09. The molecular formula is C14H20N2O. The number of carbonyl (C=O) groups excluding carboxylic acids is 1. The Kier molecular flexibility index (Phi) is 3.79. The summed E-state index contributed by atoms with van der Waals surface area (Å²) in [5, 5.41) is 6.18. The number of carbonyl (C=O) groups is 1. The predicted octanol–water partition coefficient (Wildman–Crippen LogP) is 1.66. The molecule has 1 aliphatic rings. The first-order chi connectivity index (χ1) is 8.16. The molecule has 2 N–H and O–H groups in total. The average Bonchev–Trinajstić information content (AvgIpc) is 3.06. The largest absolute Gasteiger partial charge is 0.353 e. The molecule has 92 valence electrons. The van der Waals surface area contributed by atoms with Gasteiger partial charge in [0.25, 0.3) is 0 Å². The van der Waals surface area contributed by atoms with Crippen LogP contribution in [0.1, 0.15) is 31.7 Å². The van der Waals surface area contributed by atoms with Crippen molar-refractivity contribution in [2.24, 2.45) is 0 Å². The minimum atomic E-state index is 0.0821. The van der Waals surface area contributed by atoms with E-state index in [4.69, 9.17) is 0 Å². The van der Waals surface area contributed by atoms with Crippen molar-refractivity contribution >= 4 is 5.91 Å². The summed E-state index contributed by atoms with van der Waals surface area (Å²) in [6.07, 6.45) is 1.14. The van der Waals surface area contributed by atoms with Crippen molar-refractivity contribution in [1.82, 2.24) is 10.6 Å². The zero-order valence-corrected chi connectivity index (χ0v) is 10.4. The van der Waals surface area contributed by atoms with Gasteiger partial charge in [0.1, 0.15) is 0 Å². The summed E-state index contributed by atoms with van der Waals surface area (Å²) in [7, 11) is 0. The first-order valence-electron chi connectivity index (χ1n) is 6.24. The van der Waals surface area contributed by atoms with Gasteiger partial charge in [0.2, 0.25) is 5.91 Å². The first-order valence-corrected chi connectivity index (χ1v) is 6.24. The number of nitrogens with one attached hydrogen (secondary N) is 2. The lowest BCUT2D eigenvalue weighted by atomic mass is 10.1. The van der Waals surface area contributed by atoms with Crippen LogP contribution in [-0.2, 0) is 4.79 Å². The summed E-state index contributed by atoms with van der Waals surface area (Å²) < 4.78 is 0. The van der Waals surface area contributed by atoms with Gasteiger partial charge in [-0.25, -0.2) is 0 Å². The van der Waals surface area contributed by atoms with Crippen molar-refractivity contribution in [3.05, 3.63) is 35.9 Å². The Morgan fingerprint density at radius 2 is 2.06 bits per heavy atom. The van der Waals surface area contributed by atoms with Crippen LogP contribution in [0.2, 0.25) is 0 Å². The van der Waals surface area contributed by atoms with E-state index in [1.54, 1.807) is 0 Å². The molecule has 0 aromatic heterocycles. The molecule has 3 nitrogen and oxygen atoms in total. The highest BCUT2D eigenvalue weighted by Crippen LogP contribution is 2.40. The molecule has 17 heavy (non-hydrogen) atoms. The fourth-order valence-corrected chi connectivity index (χ4v) is 2.09. The van der Waals surface area contributed by atoms with Crippen LogP contribution in [0.5, 0.6) is 0 Å². The van der Waals surface area contributed by atoms with Gasteiger partial charge in [-0.1, -0.05) is 30.3 Å². The highest BCUT2D eigenvalue weighted by Gasteiger charge is 2.37. The lowest BCUT2D eigenvalue weighted by Gasteiger charge is -2.09. The topological polar surface area (TPSA) is 41.1 Å². The average molecular weight is 232 g/mol. The van der Waals surface area contributed by atoms with Crippen LogP contribution in [0.15, 0.2) is 30.3 Å². The van der Waals surface area contributed by atoms with Crippen molar-refractivity contribution in [3.8, 4) is 0 Å². The van der Waals surface area contributed by atoms with Crippen molar-refractivity contribution in [3.63, 3.8) is 0 Å². The molecule has 1 saturated carbocycles. The molecule has 0 radical (unpaired) electrons. The van der Waals surface area contributed by atoms with Gasteiger partial charge >= 0.3 is 0 Å². The van der Waals surface area contributed by atoms with Crippen LogP contribution >= 0.6 is 0 Å². The van der Waals surface area contributed by atoms with E-state index < -0.39 is 0 Å². The maximum Gasteiger partial charge on any atom is 0.234 e. The van der Waals surface area contributed by atoms with Gasteiger partial charge in [-0.2, -0.15) is 0 Å². The van der Waals surface area contributed by atoms with E-state index >= 15 is 0 Å². The maximum atomic E-state index is 11.5. The van der Waals surface area contributed by atoms with Crippen molar-refractivity contribution in [1.29, 1.82) is 0 Å². The van der Waals surface area contributed by atoms with Crippen LogP contribution in [0.3, 0.4) is 0 Å². The van der Waals surface area contributed by atoms with Crippen molar-refractivity contribution in [2.75, 3.05) is 6.54 Å². The first kappa shape index (κ1) is 12.1. The van der Waals surface area contributed by atoms with Gasteiger partial charge in [-0.15, -0.1) is 0 Å². The van der Waals surface area contributed by atoms with Crippen LogP contribution in [0.25, 0.3) is 0 Å². The van der Waals surface area contributed by atoms with E-state index in [0.29, 0.717) is 18.5 Å². The van der Waals surface area contributed by atoms with Crippen molar-refractivity contribution in [2.45, 2.75) is 38.3 Å². The van der Waals surface area contributed by atoms with Crippen LogP contribution in [-0.4, -0.2) is 24.5 Å². The molecule has 1 aliphatic carbocycles. The summed E-state index contributed by atoms with van der Waals surface area (Å²) in [5.74, 6) is 0.668. The number of hydrogen-bond donors (Lipinski definition) is 2. The summed E-state index contributed by atoms with van der Waals surface area (Å²) in [4.78, 5) is 11.5. The Balaban J connectivity index is 1.72. The predicted molar refractivity (Wildman–Crippen MR) is 68.9 cm³/mol. The zero-order chi connectivity index (χ0) is 12.3. The van der Waals surface area contributed by atoms with Gasteiger partial charge < -0.3 is 10.6 Å².